The van der Waals surface area contributed by atoms with E-state index in [1.165, 1.54) is 17.1 Å². The Labute approximate surface area is 188 Å². The summed E-state index contributed by atoms with van der Waals surface area (Å²) < 4.78 is 18.3. The number of amides is 4. The van der Waals surface area contributed by atoms with E-state index in [9.17, 15) is 18.8 Å². The van der Waals surface area contributed by atoms with E-state index in [-0.39, 0.29) is 49.2 Å². The molecule has 0 radical (unpaired) electrons. The number of likely N-dealkylation sites (N-methyl/N-ethyl adjacent to an activating group) is 1. The molecular formula is C22H32FN5O4. The standard InChI is InChI=1S/C22H32FN5O4/c1-15(2)20-21(30)26(10-5-11-32-4)13-18-27(20)19(29)14-25(3)28(18)22(31)24-12-16-6-8-17(23)9-7-16/h6-9,15,18,20H,5,10-14H2,1-4H3,(H,24,31)/t18-,20-/m0/s1. The highest BCUT2D eigenvalue weighted by Gasteiger charge is 2.51. The topological polar surface area (TPSA) is 85.4 Å². The van der Waals surface area contributed by atoms with Gasteiger partial charge >= 0.3 is 6.03 Å². The molecule has 1 aromatic rings. The molecule has 10 heteroatoms. The van der Waals surface area contributed by atoms with Crippen molar-refractivity contribution in [2.45, 2.75) is 39.0 Å². The number of fused-ring (bicyclic) bond motifs is 1. The van der Waals surface area contributed by atoms with Gasteiger partial charge in [0.05, 0.1) is 13.1 Å². The zero-order chi connectivity index (χ0) is 23.4. The highest BCUT2D eigenvalue weighted by Crippen LogP contribution is 2.29. The zero-order valence-corrected chi connectivity index (χ0v) is 19.1. The maximum absolute atomic E-state index is 13.2. The van der Waals surface area contributed by atoms with Crippen molar-refractivity contribution in [2.24, 2.45) is 5.92 Å². The van der Waals surface area contributed by atoms with E-state index in [1.54, 1.807) is 41.1 Å². The lowest BCUT2D eigenvalue weighted by molar-refractivity contribution is -0.190. The summed E-state index contributed by atoms with van der Waals surface area (Å²) in [5, 5.41) is 5.95. The van der Waals surface area contributed by atoms with Crippen LogP contribution in [0.1, 0.15) is 25.8 Å². The highest BCUT2D eigenvalue weighted by atomic mass is 19.1. The molecule has 1 N–H and O–H groups in total. The minimum Gasteiger partial charge on any atom is -0.385 e. The molecular weight excluding hydrogens is 417 g/mol. The molecule has 176 valence electrons. The van der Waals surface area contributed by atoms with E-state index >= 15 is 0 Å². The normalized spacial score (nSPS) is 21.9. The van der Waals surface area contributed by atoms with Gasteiger partial charge in [-0.15, -0.1) is 0 Å². The number of nitrogens with zero attached hydrogens (tertiary/aromatic N) is 4. The zero-order valence-electron chi connectivity index (χ0n) is 19.1. The molecule has 1 aromatic carbocycles. The molecule has 9 nitrogen and oxygen atoms in total. The van der Waals surface area contributed by atoms with Gasteiger partial charge in [0.1, 0.15) is 18.0 Å². The van der Waals surface area contributed by atoms with Gasteiger partial charge in [-0.1, -0.05) is 26.0 Å². The average Bonchev–Trinajstić information content (AvgIpc) is 2.74. The molecule has 0 unspecified atom stereocenters. The molecule has 0 aliphatic carbocycles. The van der Waals surface area contributed by atoms with Crippen LogP contribution in [0, 0.1) is 11.7 Å². The molecule has 3 rings (SSSR count). The van der Waals surface area contributed by atoms with Gasteiger partial charge in [-0.2, -0.15) is 0 Å². The van der Waals surface area contributed by atoms with Crippen molar-refractivity contribution < 1.29 is 23.5 Å². The van der Waals surface area contributed by atoms with Crippen LogP contribution in [-0.2, 0) is 20.9 Å². The second-order valence-electron chi connectivity index (χ2n) is 8.55. The van der Waals surface area contributed by atoms with E-state index in [4.69, 9.17) is 4.74 Å². The Balaban J connectivity index is 1.82. The average molecular weight is 450 g/mol. The SMILES string of the molecule is COCCCN1C[C@H]2N(C(=O)CN(C)N2C(=O)NCc2ccc(F)cc2)[C@@H](C(C)C)C1=O. The summed E-state index contributed by atoms with van der Waals surface area (Å²) in [6.45, 7) is 5.26. The van der Waals surface area contributed by atoms with Gasteiger partial charge in [0.2, 0.25) is 11.8 Å². The molecule has 2 atom stereocenters. The predicted octanol–water partition coefficient (Wildman–Crippen LogP) is 1.26. The number of methoxy groups -OCH3 is 1. The number of benzene rings is 1. The van der Waals surface area contributed by atoms with Crippen molar-refractivity contribution in [1.29, 1.82) is 0 Å². The molecule has 0 spiro atoms. The first kappa shape index (κ1) is 23.9. The number of piperazine rings is 1. The van der Waals surface area contributed by atoms with Gasteiger partial charge in [-0.25, -0.2) is 19.2 Å². The van der Waals surface area contributed by atoms with Crippen LogP contribution in [0.4, 0.5) is 9.18 Å². The molecule has 2 saturated heterocycles. The van der Waals surface area contributed by atoms with Crippen molar-refractivity contribution in [2.75, 3.05) is 40.4 Å². The van der Waals surface area contributed by atoms with Crippen molar-refractivity contribution in [3.05, 3.63) is 35.6 Å². The Morgan fingerprint density at radius 1 is 1.25 bits per heavy atom. The van der Waals surface area contributed by atoms with Gasteiger partial charge in [0, 0.05) is 33.9 Å². The molecule has 2 heterocycles. The number of hydrogen-bond acceptors (Lipinski definition) is 5. The van der Waals surface area contributed by atoms with Crippen molar-refractivity contribution in [3.63, 3.8) is 0 Å². The fraction of sp³-hybridized carbons (Fsp3) is 0.591. The maximum atomic E-state index is 13.2. The van der Waals surface area contributed by atoms with Gasteiger partial charge in [0.25, 0.3) is 0 Å². The Kier molecular flexibility index (Phi) is 7.68. The smallest absolute Gasteiger partial charge is 0.334 e. The van der Waals surface area contributed by atoms with Crippen LogP contribution < -0.4 is 5.32 Å². The highest BCUT2D eigenvalue weighted by molar-refractivity contribution is 5.91. The van der Waals surface area contributed by atoms with E-state index in [2.05, 4.69) is 5.32 Å². The number of rotatable bonds is 7. The molecule has 4 amide bonds. The number of hydrogen-bond donors (Lipinski definition) is 1. The summed E-state index contributed by atoms with van der Waals surface area (Å²) in [6.07, 6.45) is 0.0578. The van der Waals surface area contributed by atoms with Crippen LogP contribution in [0.2, 0.25) is 0 Å². The number of urea groups is 1. The monoisotopic (exact) mass is 449 g/mol. The number of nitrogens with one attached hydrogen (secondary N) is 1. The summed E-state index contributed by atoms with van der Waals surface area (Å²) in [5.41, 5.74) is 0.757. The molecule has 32 heavy (non-hydrogen) atoms. The third kappa shape index (κ3) is 5.02. The van der Waals surface area contributed by atoms with E-state index < -0.39 is 12.2 Å². The Morgan fingerprint density at radius 3 is 2.56 bits per heavy atom. The largest absolute Gasteiger partial charge is 0.385 e. The summed E-state index contributed by atoms with van der Waals surface area (Å²) >= 11 is 0. The first-order chi connectivity index (χ1) is 15.2. The second kappa shape index (κ2) is 10.3. The fourth-order valence-electron chi connectivity index (χ4n) is 4.32. The number of halogens is 1. The van der Waals surface area contributed by atoms with Crippen molar-refractivity contribution >= 4 is 17.8 Å². The van der Waals surface area contributed by atoms with Crippen LogP contribution in [0.5, 0.6) is 0 Å². The number of carbonyl (C=O) groups is 3. The molecule has 0 aromatic heterocycles. The molecule has 2 aliphatic rings. The number of ether oxygens (including phenoxy) is 1. The summed E-state index contributed by atoms with van der Waals surface area (Å²) in [7, 11) is 3.29. The first-order valence-corrected chi connectivity index (χ1v) is 10.9. The third-order valence-electron chi connectivity index (χ3n) is 5.84. The third-order valence-corrected chi connectivity index (χ3v) is 5.84. The van der Waals surface area contributed by atoms with E-state index in [0.29, 0.717) is 19.6 Å². The van der Waals surface area contributed by atoms with Gasteiger partial charge < -0.3 is 19.9 Å². The van der Waals surface area contributed by atoms with E-state index in [0.717, 1.165) is 5.56 Å². The van der Waals surface area contributed by atoms with Gasteiger partial charge in [-0.3, -0.25) is 9.59 Å². The number of hydrazine groups is 1. The van der Waals surface area contributed by atoms with Crippen LogP contribution in [0.3, 0.4) is 0 Å². The second-order valence-corrected chi connectivity index (χ2v) is 8.55. The molecule has 2 fully saturated rings. The van der Waals surface area contributed by atoms with E-state index in [1.807, 2.05) is 13.8 Å². The van der Waals surface area contributed by atoms with Crippen LogP contribution in [-0.4, -0.2) is 90.3 Å². The number of carbonyl (C=O) groups excluding carboxylic acids is 3. The first-order valence-electron chi connectivity index (χ1n) is 10.9. The fourth-order valence-corrected chi connectivity index (χ4v) is 4.32. The van der Waals surface area contributed by atoms with Crippen molar-refractivity contribution in [1.82, 2.24) is 25.1 Å². The maximum Gasteiger partial charge on any atom is 0.334 e. The van der Waals surface area contributed by atoms with Crippen LogP contribution >= 0.6 is 0 Å². The van der Waals surface area contributed by atoms with Crippen LogP contribution in [0.15, 0.2) is 24.3 Å². The predicted molar refractivity (Wildman–Crippen MR) is 115 cm³/mol. The Bertz CT molecular complexity index is 834. The minimum atomic E-state index is -0.634. The van der Waals surface area contributed by atoms with Crippen molar-refractivity contribution in [3.8, 4) is 0 Å². The summed E-state index contributed by atoms with van der Waals surface area (Å²) in [5.74, 6) is -0.725. The Hall–Kier alpha value is -2.72. The minimum absolute atomic E-state index is 0.000638. The molecule has 2 aliphatic heterocycles. The molecule has 0 bridgehead atoms. The summed E-state index contributed by atoms with van der Waals surface area (Å²) in [6, 6.07) is 4.88. The van der Waals surface area contributed by atoms with Crippen LogP contribution in [0.25, 0.3) is 0 Å². The van der Waals surface area contributed by atoms with Gasteiger partial charge in [0.15, 0.2) is 0 Å². The van der Waals surface area contributed by atoms with Gasteiger partial charge in [-0.05, 0) is 30.0 Å². The summed E-state index contributed by atoms with van der Waals surface area (Å²) in [4.78, 5) is 42.6. The lowest BCUT2D eigenvalue weighted by atomic mass is 9.96. The lowest BCUT2D eigenvalue weighted by Crippen LogP contribution is -2.76. The lowest BCUT2D eigenvalue weighted by Gasteiger charge is -2.55. The quantitative estimate of drug-likeness (QED) is 0.634. The molecule has 0 saturated carbocycles. The Morgan fingerprint density at radius 2 is 1.94 bits per heavy atom.